The van der Waals surface area contributed by atoms with Crippen LogP contribution in [0, 0.1) is 17.7 Å². The monoisotopic (exact) mass is 289 g/mol. The molecule has 2 atom stereocenters. The van der Waals surface area contributed by atoms with E-state index in [1.54, 1.807) is 6.07 Å². The van der Waals surface area contributed by atoms with Crippen molar-refractivity contribution >= 4 is 5.91 Å². The maximum atomic E-state index is 13.9. The minimum atomic E-state index is -0.529. The number of carbonyl (C=O) groups excluding carboxylic acids is 1. The molecule has 1 saturated heterocycles. The van der Waals surface area contributed by atoms with Gasteiger partial charge in [-0.3, -0.25) is 4.79 Å². The highest BCUT2D eigenvalue weighted by Crippen LogP contribution is 2.25. The molecule has 1 amide bonds. The molecular formula is C17H20FNO2. The van der Waals surface area contributed by atoms with Crippen LogP contribution in [0.1, 0.15) is 49.0 Å². The molecule has 3 nitrogen and oxygen atoms in total. The molecule has 2 unspecified atom stereocenters. The second kappa shape index (κ2) is 6.73. The Morgan fingerprint density at radius 2 is 2.05 bits per heavy atom. The molecule has 21 heavy (non-hydrogen) atoms. The minimum absolute atomic E-state index is 0.129. The Kier molecular flexibility index (Phi) is 4.98. The van der Waals surface area contributed by atoms with Gasteiger partial charge in [0.1, 0.15) is 12.4 Å². The number of carbonyl (C=O) groups is 1. The number of piperidine rings is 1. The van der Waals surface area contributed by atoms with Crippen LogP contribution in [0.3, 0.4) is 0 Å². The number of hydrogen-bond donors (Lipinski definition) is 1. The fraction of sp³-hybridized carbons (Fsp3) is 0.471. The first-order valence-electron chi connectivity index (χ1n) is 7.26. The van der Waals surface area contributed by atoms with Crippen molar-refractivity contribution in [2.45, 2.75) is 45.2 Å². The van der Waals surface area contributed by atoms with E-state index >= 15 is 0 Å². The summed E-state index contributed by atoms with van der Waals surface area (Å²) in [6, 6.07) is 4.68. The van der Waals surface area contributed by atoms with E-state index in [0.29, 0.717) is 5.56 Å². The van der Waals surface area contributed by atoms with Crippen LogP contribution in [0.15, 0.2) is 18.2 Å². The van der Waals surface area contributed by atoms with E-state index in [-0.39, 0.29) is 30.2 Å². The summed E-state index contributed by atoms with van der Waals surface area (Å²) in [5, 5.41) is 8.63. The summed E-state index contributed by atoms with van der Waals surface area (Å²) in [5.41, 5.74) is 0.544. The first kappa shape index (κ1) is 15.5. The van der Waals surface area contributed by atoms with Crippen molar-refractivity contribution in [1.82, 2.24) is 4.90 Å². The van der Waals surface area contributed by atoms with Gasteiger partial charge in [0.15, 0.2) is 0 Å². The summed E-state index contributed by atoms with van der Waals surface area (Å²) < 4.78 is 13.9. The molecule has 112 valence electrons. The lowest BCUT2D eigenvalue weighted by Crippen LogP contribution is -2.47. The van der Waals surface area contributed by atoms with E-state index in [1.165, 1.54) is 12.1 Å². The number of halogens is 1. The van der Waals surface area contributed by atoms with Gasteiger partial charge < -0.3 is 10.0 Å². The van der Waals surface area contributed by atoms with Crippen LogP contribution >= 0.6 is 0 Å². The van der Waals surface area contributed by atoms with E-state index < -0.39 is 5.82 Å². The second-order valence-corrected chi connectivity index (χ2v) is 5.50. The number of rotatable bonds is 1. The van der Waals surface area contributed by atoms with Gasteiger partial charge in [-0.05, 0) is 51.3 Å². The van der Waals surface area contributed by atoms with Gasteiger partial charge in [-0.2, -0.15) is 0 Å². The molecule has 0 aliphatic carbocycles. The number of benzene rings is 1. The largest absolute Gasteiger partial charge is 0.384 e. The van der Waals surface area contributed by atoms with Gasteiger partial charge in [-0.1, -0.05) is 11.8 Å². The summed E-state index contributed by atoms with van der Waals surface area (Å²) >= 11 is 0. The van der Waals surface area contributed by atoms with Crippen molar-refractivity contribution in [3.8, 4) is 11.8 Å². The lowest BCUT2D eigenvalue weighted by molar-refractivity contribution is 0.0510. The number of likely N-dealkylation sites (tertiary alicyclic amines) is 1. The molecule has 0 spiro atoms. The molecule has 0 radical (unpaired) electrons. The molecule has 2 rings (SSSR count). The highest BCUT2D eigenvalue weighted by atomic mass is 19.1. The molecule has 1 aromatic carbocycles. The van der Waals surface area contributed by atoms with Crippen molar-refractivity contribution in [3.63, 3.8) is 0 Å². The van der Waals surface area contributed by atoms with Crippen LogP contribution in [0.5, 0.6) is 0 Å². The van der Waals surface area contributed by atoms with Gasteiger partial charge in [-0.15, -0.1) is 0 Å². The molecule has 1 fully saturated rings. The van der Waals surface area contributed by atoms with Gasteiger partial charge in [0.05, 0.1) is 5.56 Å². The van der Waals surface area contributed by atoms with Crippen LogP contribution in [0.4, 0.5) is 4.39 Å². The molecule has 0 saturated carbocycles. The highest BCUT2D eigenvalue weighted by molar-refractivity contribution is 5.94. The number of hydrogen-bond acceptors (Lipinski definition) is 2. The molecule has 0 bridgehead atoms. The zero-order valence-electron chi connectivity index (χ0n) is 12.4. The van der Waals surface area contributed by atoms with Gasteiger partial charge in [-0.25, -0.2) is 4.39 Å². The van der Waals surface area contributed by atoms with E-state index in [9.17, 15) is 9.18 Å². The van der Waals surface area contributed by atoms with Crippen LogP contribution < -0.4 is 0 Å². The Morgan fingerprint density at radius 1 is 1.38 bits per heavy atom. The summed E-state index contributed by atoms with van der Waals surface area (Å²) in [6.07, 6.45) is 3.09. The van der Waals surface area contributed by atoms with E-state index in [0.717, 1.165) is 19.3 Å². The topological polar surface area (TPSA) is 40.5 Å². The van der Waals surface area contributed by atoms with E-state index in [2.05, 4.69) is 11.8 Å². The summed E-state index contributed by atoms with van der Waals surface area (Å²) in [4.78, 5) is 14.4. The molecule has 1 aromatic rings. The van der Waals surface area contributed by atoms with Crippen LogP contribution in [0.2, 0.25) is 0 Å². The first-order valence-corrected chi connectivity index (χ1v) is 7.26. The van der Waals surface area contributed by atoms with Crippen molar-refractivity contribution in [3.05, 3.63) is 35.1 Å². The van der Waals surface area contributed by atoms with Crippen molar-refractivity contribution < 1.29 is 14.3 Å². The van der Waals surface area contributed by atoms with E-state index in [1.807, 2.05) is 18.7 Å². The molecule has 0 aromatic heterocycles. The summed E-state index contributed by atoms with van der Waals surface area (Å²) in [6.45, 7) is 3.75. The average Bonchev–Trinajstić information content (AvgIpc) is 2.45. The highest BCUT2D eigenvalue weighted by Gasteiger charge is 2.29. The molecule has 4 heteroatoms. The summed E-state index contributed by atoms with van der Waals surface area (Å²) in [7, 11) is 0. The van der Waals surface area contributed by atoms with Crippen LogP contribution in [-0.4, -0.2) is 34.6 Å². The predicted octanol–water partition coefficient (Wildman–Crippen LogP) is 2.57. The van der Waals surface area contributed by atoms with Crippen molar-refractivity contribution in [2.75, 3.05) is 6.61 Å². The molecule has 1 heterocycles. The average molecular weight is 289 g/mol. The molecule has 1 aliphatic rings. The Bertz CT molecular complexity index is 578. The van der Waals surface area contributed by atoms with Crippen LogP contribution in [0.25, 0.3) is 0 Å². The second-order valence-electron chi connectivity index (χ2n) is 5.50. The fourth-order valence-electron chi connectivity index (χ4n) is 2.85. The van der Waals surface area contributed by atoms with Crippen LogP contribution in [-0.2, 0) is 0 Å². The SMILES string of the molecule is CC1CCCC(C)N1C(=O)c1ccc(C#CCO)c(F)c1. The maximum absolute atomic E-state index is 13.9. The van der Waals surface area contributed by atoms with Gasteiger partial charge >= 0.3 is 0 Å². The van der Waals surface area contributed by atoms with Gasteiger partial charge in [0.2, 0.25) is 0 Å². The Hall–Kier alpha value is -1.86. The Balaban J connectivity index is 2.25. The number of amides is 1. The third-order valence-corrected chi connectivity index (χ3v) is 3.95. The summed E-state index contributed by atoms with van der Waals surface area (Å²) in [5.74, 6) is 4.27. The Labute approximate surface area is 124 Å². The van der Waals surface area contributed by atoms with Crippen molar-refractivity contribution in [1.29, 1.82) is 0 Å². The predicted molar refractivity (Wildman–Crippen MR) is 79.3 cm³/mol. The third kappa shape index (κ3) is 3.43. The van der Waals surface area contributed by atoms with Gasteiger partial charge in [0, 0.05) is 17.6 Å². The van der Waals surface area contributed by atoms with Gasteiger partial charge in [0.25, 0.3) is 5.91 Å². The van der Waals surface area contributed by atoms with E-state index in [4.69, 9.17) is 5.11 Å². The lowest BCUT2D eigenvalue weighted by Gasteiger charge is -2.39. The number of aliphatic hydroxyl groups is 1. The quantitative estimate of drug-likeness (QED) is 0.807. The number of aliphatic hydroxyl groups excluding tert-OH is 1. The lowest BCUT2D eigenvalue weighted by atomic mass is 9.96. The maximum Gasteiger partial charge on any atom is 0.254 e. The number of nitrogens with zero attached hydrogens (tertiary/aromatic N) is 1. The smallest absolute Gasteiger partial charge is 0.254 e. The van der Waals surface area contributed by atoms with Crippen molar-refractivity contribution in [2.24, 2.45) is 0 Å². The molecular weight excluding hydrogens is 269 g/mol. The Morgan fingerprint density at radius 3 is 2.62 bits per heavy atom. The zero-order chi connectivity index (χ0) is 15.4. The molecule has 1 N–H and O–H groups in total. The third-order valence-electron chi connectivity index (χ3n) is 3.95. The normalized spacial score (nSPS) is 21.6. The fourth-order valence-corrected chi connectivity index (χ4v) is 2.85. The first-order chi connectivity index (χ1) is 10.0. The minimum Gasteiger partial charge on any atom is -0.384 e. The molecule has 1 aliphatic heterocycles. The zero-order valence-corrected chi connectivity index (χ0v) is 12.4. The standard InChI is InChI=1S/C17H20FNO2/c1-12-5-3-6-13(2)19(12)17(21)15-9-8-14(7-4-10-20)16(18)11-15/h8-9,11-13,20H,3,5-6,10H2,1-2H3.